The largest absolute Gasteiger partial charge is 0.354 e. The minimum absolute atomic E-state index is 0.0310. The minimum Gasteiger partial charge on any atom is -0.354 e. The third-order valence-electron chi connectivity index (χ3n) is 6.04. The third kappa shape index (κ3) is 6.01. The molecule has 13 heteroatoms. The van der Waals surface area contributed by atoms with E-state index in [-0.39, 0.29) is 57.5 Å². The zero-order valence-electron chi connectivity index (χ0n) is 19.3. The summed E-state index contributed by atoms with van der Waals surface area (Å²) in [6.07, 6.45) is 1.91. The van der Waals surface area contributed by atoms with Crippen LogP contribution < -0.4 is 5.32 Å². The molecular weight excluding hydrogens is 564 g/mol. The molecule has 0 atom stereocenters. The van der Waals surface area contributed by atoms with Crippen LogP contribution in [-0.2, 0) is 19.6 Å². The Morgan fingerprint density at radius 1 is 1.08 bits per heavy atom. The van der Waals surface area contributed by atoms with E-state index in [9.17, 15) is 27.2 Å². The van der Waals surface area contributed by atoms with Crippen molar-refractivity contribution in [1.82, 2.24) is 14.5 Å². The molecule has 1 N–H and O–H groups in total. The van der Waals surface area contributed by atoms with E-state index in [0.29, 0.717) is 24.6 Å². The van der Waals surface area contributed by atoms with Crippen LogP contribution in [0.2, 0.25) is 10.0 Å². The molecule has 0 aliphatic carbocycles. The van der Waals surface area contributed by atoms with Gasteiger partial charge in [0.2, 0.25) is 15.9 Å². The second kappa shape index (κ2) is 11.5. The number of piperidine rings is 1. The van der Waals surface area contributed by atoms with Crippen molar-refractivity contribution in [2.75, 3.05) is 26.2 Å². The third-order valence-corrected chi connectivity index (χ3v) is 9.80. The van der Waals surface area contributed by atoms with Crippen molar-refractivity contribution in [2.24, 2.45) is 5.92 Å². The second-order valence-corrected chi connectivity index (χ2v) is 12.1. The number of carbonyl (C=O) groups excluding carboxylic acids is 3. The number of halogens is 3. The number of rotatable bonds is 7. The fourth-order valence-electron chi connectivity index (χ4n) is 4.08. The molecule has 2 saturated heterocycles. The van der Waals surface area contributed by atoms with E-state index >= 15 is 0 Å². The Hall–Kier alpha value is -2.44. The Morgan fingerprint density at radius 3 is 2.38 bits per heavy atom. The summed E-state index contributed by atoms with van der Waals surface area (Å²) in [7, 11) is -3.92. The first-order valence-corrected chi connectivity index (χ1v) is 14.3. The number of hydrogen-bond acceptors (Lipinski definition) is 6. The quantitative estimate of drug-likeness (QED) is 0.483. The standard InChI is InChI=1S/C24H22Cl2FN3O5S2/c25-17-5-3-6-18(26)21(17)37(34,35)29-11-8-15(9-12-29)22(31)28-10-13-30-23(32)20(36-24(30)33)14-16-4-1-2-7-19(16)27/h1-7,14-15H,8-13H2,(H,28,31)/b20-14+. The normalized spacial score (nSPS) is 18.6. The Balaban J connectivity index is 1.29. The number of nitrogens with one attached hydrogen (secondary N) is 1. The molecule has 2 aromatic carbocycles. The molecule has 2 aliphatic heterocycles. The first-order chi connectivity index (χ1) is 17.6. The smallest absolute Gasteiger partial charge is 0.293 e. The Bertz CT molecular complexity index is 1360. The fourth-order valence-corrected chi connectivity index (χ4v) is 7.49. The summed E-state index contributed by atoms with van der Waals surface area (Å²) in [4.78, 5) is 38.5. The maximum atomic E-state index is 13.9. The van der Waals surface area contributed by atoms with Crippen LogP contribution in [0.3, 0.4) is 0 Å². The molecule has 2 aliphatic rings. The lowest BCUT2D eigenvalue weighted by atomic mass is 9.97. The van der Waals surface area contributed by atoms with Crippen molar-refractivity contribution in [1.29, 1.82) is 0 Å². The van der Waals surface area contributed by atoms with Crippen LogP contribution in [0.5, 0.6) is 0 Å². The van der Waals surface area contributed by atoms with Crippen LogP contribution in [0.15, 0.2) is 52.3 Å². The van der Waals surface area contributed by atoms with Crippen LogP contribution in [-0.4, -0.2) is 60.9 Å². The van der Waals surface area contributed by atoms with Gasteiger partial charge in [-0.3, -0.25) is 19.3 Å². The highest BCUT2D eigenvalue weighted by molar-refractivity contribution is 8.18. The summed E-state index contributed by atoms with van der Waals surface area (Å²) in [6, 6.07) is 10.4. The second-order valence-electron chi connectivity index (χ2n) is 8.38. The number of hydrogen-bond donors (Lipinski definition) is 1. The summed E-state index contributed by atoms with van der Waals surface area (Å²) in [5.74, 6) is -1.77. The predicted molar refractivity (Wildman–Crippen MR) is 140 cm³/mol. The van der Waals surface area contributed by atoms with Crippen molar-refractivity contribution >= 4 is 68.1 Å². The average Bonchev–Trinajstić information content (AvgIpc) is 3.12. The number of carbonyl (C=O) groups is 3. The number of thioether (sulfide) groups is 1. The Kier molecular flexibility index (Phi) is 8.59. The number of sulfonamides is 1. The Labute approximate surface area is 227 Å². The first kappa shape index (κ1) is 27.6. The van der Waals surface area contributed by atoms with Crippen LogP contribution >= 0.6 is 35.0 Å². The minimum atomic E-state index is -3.92. The van der Waals surface area contributed by atoms with Gasteiger partial charge in [-0.25, -0.2) is 12.8 Å². The van der Waals surface area contributed by atoms with Crippen molar-refractivity contribution in [2.45, 2.75) is 17.7 Å². The Morgan fingerprint density at radius 2 is 1.73 bits per heavy atom. The first-order valence-electron chi connectivity index (χ1n) is 11.3. The summed E-state index contributed by atoms with van der Waals surface area (Å²) < 4.78 is 41.2. The van der Waals surface area contributed by atoms with Crippen LogP contribution in [0.25, 0.3) is 6.08 Å². The maximum Gasteiger partial charge on any atom is 0.293 e. The lowest BCUT2D eigenvalue weighted by Gasteiger charge is -2.31. The molecule has 0 radical (unpaired) electrons. The predicted octanol–water partition coefficient (Wildman–Crippen LogP) is 4.39. The molecule has 196 valence electrons. The molecule has 0 bridgehead atoms. The van der Waals surface area contributed by atoms with E-state index in [2.05, 4.69) is 5.32 Å². The highest BCUT2D eigenvalue weighted by Gasteiger charge is 2.36. The van der Waals surface area contributed by atoms with E-state index in [1.54, 1.807) is 12.1 Å². The van der Waals surface area contributed by atoms with Gasteiger partial charge in [0.15, 0.2) is 0 Å². The van der Waals surface area contributed by atoms with Crippen molar-refractivity contribution in [3.8, 4) is 0 Å². The van der Waals surface area contributed by atoms with Gasteiger partial charge in [0, 0.05) is 37.7 Å². The summed E-state index contributed by atoms with van der Waals surface area (Å²) in [5.41, 5.74) is 0.200. The average molecular weight is 586 g/mol. The topological polar surface area (TPSA) is 104 Å². The molecule has 2 aromatic rings. The van der Waals surface area contributed by atoms with Gasteiger partial charge in [0.1, 0.15) is 10.7 Å². The summed E-state index contributed by atoms with van der Waals surface area (Å²) >= 11 is 12.9. The fraction of sp³-hybridized carbons (Fsp3) is 0.292. The summed E-state index contributed by atoms with van der Waals surface area (Å²) in [5, 5.41) is 2.27. The maximum absolute atomic E-state index is 13.9. The van der Waals surface area contributed by atoms with E-state index in [1.807, 2.05) is 0 Å². The lowest BCUT2D eigenvalue weighted by molar-refractivity contribution is -0.127. The van der Waals surface area contributed by atoms with Crippen molar-refractivity contribution in [3.63, 3.8) is 0 Å². The molecule has 4 rings (SSSR count). The molecule has 0 saturated carbocycles. The van der Waals surface area contributed by atoms with Gasteiger partial charge in [0.05, 0.1) is 15.0 Å². The monoisotopic (exact) mass is 585 g/mol. The van der Waals surface area contributed by atoms with Gasteiger partial charge in [-0.2, -0.15) is 4.31 Å². The number of amides is 3. The van der Waals surface area contributed by atoms with Crippen molar-refractivity contribution < 1.29 is 27.2 Å². The molecule has 3 amide bonds. The molecular formula is C24H22Cl2FN3O5S2. The van der Waals surface area contributed by atoms with Crippen molar-refractivity contribution in [3.05, 3.63) is 68.8 Å². The van der Waals surface area contributed by atoms with E-state index in [0.717, 1.165) is 4.90 Å². The lowest BCUT2D eigenvalue weighted by Crippen LogP contribution is -2.44. The van der Waals surface area contributed by atoms with Crippen LogP contribution in [0.4, 0.5) is 9.18 Å². The van der Waals surface area contributed by atoms with Gasteiger partial charge in [-0.05, 0) is 48.9 Å². The molecule has 37 heavy (non-hydrogen) atoms. The van der Waals surface area contributed by atoms with E-state index < -0.39 is 32.9 Å². The van der Waals surface area contributed by atoms with E-state index in [4.69, 9.17) is 23.2 Å². The van der Waals surface area contributed by atoms with Gasteiger partial charge in [-0.1, -0.05) is 47.5 Å². The summed E-state index contributed by atoms with van der Waals surface area (Å²) in [6.45, 7) is 0.235. The van der Waals surface area contributed by atoms with Crippen LogP contribution in [0, 0.1) is 11.7 Å². The van der Waals surface area contributed by atoms with Gasteiger partial charge in [0.25, 0.3) is 11.1 Å². The van der Waals surface area contributed by atoms with Gasteiger partial charge >= 0.3 is 0 Å². The van der Waals surface area contributed by atoms with Gasteiger partial charge < -0.3 is 5.32 Å². The number of nitrogens with zero attached hydrogens (tertiary/aromatic N) is 2. The zero-order valence-corrected chi connectivity index (χ0v) is 22.5. The van der Waals surface area contributed by atoms with Gasteiger partial charge in [-0.15, -0.1) is 0 Å². The molecule has 0 aromatic heterocycles. The molecule has 0 spiro atoms. The highest BCUT2D eigenvalue weighted by atomic mass is 35.5. The SMILES string of the molecule is O=C(NCCN1C(=O)S/C(=C/c2ccccc2F)C1=O)C1CCN(S(=O)(=O)c2c(Cl)cccc2Cl)CC1. The molecule has 2 fully saturated rings. The highest BCUT2D eigenvalue weighted by Crippen LogP contribution is 2.34. The number of imide groups is 1. The number of benzene rings is 2. The van der Waals surface area contributed by atoms with E-state index in [1.165, 1.54) is 40.7 Å². The molecule has 8 nitrogen and oxygen atoms in total. The molecule has 2 heterocycles. The zero-order chi connectivity index (χ0) is 26.7. The van der Waals surface area contributed by atoms with Crippen LogP contribution in [0.1, 0.15) is 18.4 Å². The molecule has 0 unspecified atom stereocenters.